The van der Waals surface area contributed by atoms with Crippen molar-refractivity contribution in [3.63, 3.8) is 0 Å². The van der Waals surface area contributed by atoms with Gasteiger partial charge in [0.2, 0.25) is 10.0 Å². The zero-order valence-electron chi connectivity index (χ0n) is 9.85. The third kappa shape index (κ3) is 3.57. The van der Waals surface area contributed by atoms with Gasteiger partial charge in [-0.15, -0.1) is 6.58 Å². The molecule has 4 nitrogen and oxygen atoms in total. The Labute approximate surface area is 98.0 Å². The van der Waals surface area contributed by atoms with Gasteiger partial charge in [0.1, 0.15) is 0 Å². The molecule has 0 heterocycles. The van der Waals surface area contributed by atoms with Crippen LogP contribution in [0.15, 0.2) is 12.7 Å². The predicted octanol–water partition coefficient (Wildman–Crippen LogP) is 1.13. The van der Waals surface area contributed by atoms with Gasteiger partial charge in [-0.2, -0.15) is 0 Å². The fourth-order valence-corrected chi connectivity index (χ4v) is 3.31. The molecule has 1 N–H and O–H groups in total. The van der Waals surface area contributed by atoms with E-state index in [4.69, 9.17) is 0 Å². The molecule has 16 heavy (non-hydrogen) atoms. The van der Waals surface area contributed by atoms with Gasteiger partial charge in [0, 0.05) is 13.6 Å². The molecule has 1 saturated carbocycles. The summed E-state index contributed by atoms with van der Waals surface area (Å²) in [6.07, 6.45) is 5.41. The maximum Gasteiger partial charge on any atom is 0.214 e. The van der Waals surface area contributed by atoms with Crippen molar-refractivity contribution in [2.45, 2.75) is 37.7 Å². The van der Waals surface area contributed by atoms with Crippen molar-refractivity contribution in [3.8, 4) is 0 Å². The van der Waals surface area contributed by atoms with Gasteiger partial charge in [-0.1, -0.05) is 18.9 Å². The molecule has 0 aliphatic heterocycles. The minimum absolute atomic E-state index is 0.0725. The molecule has 0 bridgehead atoms. The van der Waals surface area contributed by atoms with Crippen LogP contribution in [0.5, 0.6) is 0 Å². The van der Waals surface area contributed by atoms with Gasteiger partial charge < -0.3 is 5.11 Å². The SMILES string of the molecule is C=CCCS(=O)(=O)N(C)CC1(O)CCCC1. The smallest absolute Gasteiger partial charge is 0.214 e. The molecule has 0 radical (unpaired) electrons. The second-order valence-corrected chi connectivity index (χ2v) is 6.78. The first-order valence-electron chi connectivity index (χ1n) is 5.67. The first-order chi connectivity index (χ1) is 7.40. The molecule has 0 unspecified atom stereocenters. The van der Waals surface area contributed by atoms with Crippen LogP contribution in [-0.2, 0) is 10.0 Å². The summed E-state index contributed by atoms with van der Waals surface area (Å²) in [5.41, 5.74) is -0.810. The maximum atomic E-state index is 11.8. The van der Waals surface area contributed by atoms with Crippen LogP contribution < -0.4 is 0 Å². The van der Waals surface area contributed by atoms with Crippen molar-refractivity contribution in [1.29, 1.82) is 0 Å². The van der Waals surface area contributed by atoms with Gasteiger partial charge in [-0.25, -0.2) is 12.7 Å². The van der Waals surface area contributed by atoms with Gasteiger partial charge in [0.05, 0.1) is 11.4 Å². The first-order valence-corrected chi connectivity index (χ1v) is 7.28. The lowest BCUT2D eigenvalue weighted by atomic mass is 10.0. The van der Waals surface area contributed by atoms with Crippen LogP contribution in [0.3, 0.4) is 0 Å². The Kier molecular flexibility index (Phi) is 4.52. The van der Waals surface area contributed by atoms with Crippen LogP contribution in [0.2, 0.25) is 0 Å². The molecule has 1 fully saturated rings. The van der Waals surface area contributed by atoms with Crippen LogP contribution >= 0.6 is 0 Å². The molecule has 0 aromatic heterocycles. The monoisotopic (exact) mass is 247 g/mol. The predicted molar refractivity (Wildman–Crippen MR) is 64.6 cm³/mol. The normalized spacial score (nSPS) is 20.2. The number of nitrogens with zero attached hydrogens (tertiary/aromatic N) is 1. The number of hydrogen-bond acceptors (Lipinski definition) is 3. The molecule has 0 aromatic rings. The lowest BCUT2D eigenvalue weighted by molar-refractivity contribution is 0.0333. The van der Waals surface area contributed by atoms with Gasteiger partial charge in [-0.05, 0) is 19.3 Å². The highest BCUT2D eigenvalue weighted by Gasteiger charge is 2.34. The largest absolute Gasteiger partial charge is 0.389 e. The number of sulfonamides is 1. The number of hydrogen-bond donors (Lipinski definition) is 1. The Balaban J connectivity index is 2.56. The van der Waals surface area contributed by atoms with Crippen molar-refractivity contribution in [1.82, 2.24) is 4.31 Å². The van der Waals surface area contributed by atoms with Crippen LogP contribution in [0.1, 0.15) is 32.1 Å². The number of rotatable bonds is 6. The Morgan fingerprint density at radius 1 is 1.44 bits per heavy atom. The van der Waals surface area contributed by atoms with Crippen molar-refractivity contribution in [2.24, 2.45) is 0 Å². The Morgan fingerprint density at radius 2 is 2.00 bits per heavy atom. The minimum Gasteiger partial charge on any atom is -0.389 e. The maximum absolute atomic E-state index is 11.8. The van der Waals surface area contributed by atoms with E-state index >= 15 is 0 Å². The van der Waals surface area contributed by atoms with Gasteiger partial charge >= 0.3 is 0 Å². The Bertz CT molecular complexity index is 331. The highest BCUT2D eigenvalue weighted by molar-refractivity contribution is 7.89. The van der Waals surface area contributed by atoms with Gasteiger partial charge in [0.25, 0.3) is 0 Å². The molecular formula is C11H21NO3S. The molecule has 0 aromatic carbocycles. The third-order valence-electron chi connectivity index (χ3n) is 3.11. The molecule has 0 spiro atoms. The highest BCUT2D eigenvalue weighted by atomic mass is 32.2. The summed E-state index contributed by atoms with van der Waals surface area (Å²) < 4.78 is 24.9. The standard InChI is InChI=1S/C11H21NO3S/c1-3-4-9-16(14,15)12(2)10-11(13)7-5-6-8-11/h3,13H,1,4-10H2,2H3. The molecule has 0 atom stereocenters. The van der Waals surface area contributed by atoms with E-state index in [0.717, 1.165) is 12.8 Å². The van der Waals surface area contributed by atoms with E-state index in [1.165, 1.54) is 11.4 Å². The molecule has 1 aliphatic rings. The summed E-state index contributed by atoms with van der Waals surface area (Å²) in [6.45, 7) is 3.72. The van der Waals surface area contributed by atoms with Crippen molar-refractivity contribution in [2.75, 3.05) is 19.3 Å². The average molecular weight is 247 g/mol. The van der Waals surface area contributed by atoms with E-state index in [0.29, 0.717) is 19.3 Å². The van der Waals surface area contributed by atoms with Gasteiger partial charge in [-0.3, -0.25) is 0 Å². The fraction of sp³-hybridized carbons (Fsp3) is 0.818. The van der Waals surface area contributed by atoms with E-state index in [1.54, 1.807) is 6.08 Å². The molecule has 1 aliphatic carbocycles. The zero-order chi connectivity index (χ0) is 12.2. The first kappa shape index (κ1) is 13.7. The van der Waals surface area contributed by atoms with Crippen LogP contribution in [0.4, 0.5) is 0 Å². The van der Waals surface area contributed by atoms with Crippen LogP contribution in [-0.4, -0.2) is 42.8 Å². The molecule has 5 heteroatoms. The Morgan fingerprint density at radius 3 is 2.50 bits per heavy atom. The summed E-state index contributed by atoms with van der Waals surface area (Å²) in [6, 6.07) is 0. The second-order valence-electron chi connectivity index (χ2n) is 4.58. The van der Waals surface area contributed by atoms with Crippen LogP contribution in [0, 0.1) is 0 Å². The van der Waals surface area contributed by atoms with Crippen molar-refractivity contribution in [3.05, 3.63) is 12.7 Å². The number of allylic oxidation sites excluding steroid dienone is 1. The molecule has 94 valence electrons. The summed E-state index contributed by atoms with van der Waals surface area (Å²) in [5.74, 6) is 0.0725. The molecule has 0 amide bonds. The fourth-order valence-electron chi connectivity index (χ4n) is 2.09. The summed E-state index contributed by atoms with van der Waals surface area (Å²) >= 11 is 0. The summed E-state index contributed by atoms with van der Waals surface area (Å²) in [7, 11) is -1.71. The lowest BCUT2D eigenvalue weighted by Gasteiger charge is -2.27. The molecular weight excluding hydrogens is 226 g/mol. The minimum atomic E-state index is -3.25. The topological polar surface area (TPSA) is 57.6 Å². The third-order valence-corrected chi connectivity index (χ3v) is 4.94. The second kappa shape index (κ2) is 5.29. The van der Waals surface area contributed by atoms with E-state index in [2.05, 4.69) is 6.58 Å². The quantitative estimate of drug-likeness (QED) is 0.716. The van der Waals surface area contributed by atoms with Gasteiger partial charge in [0.15, 0.2) is 0 Å². The molecule has 1 rings (SSSR count). The van der Waals surface area contributed by atoms with E-state index in [1.807, 2.05) is 0 Å². The number of aliphatic hydroxyl groups is 1. The summed E-state index contributed by atoms with van der Waals surface area (Å²) in [5, 5.41) is 10.1. The van der Waals surface area contributed by atoms with Crippen molar-refractivity contribution >= 4 is 10.0 Å². The van der Waals surface area contributed by atoms with E-state index in [9.17, 15) is 13.5 Å². The Hall–Kier alpha value is -0.390. The lowest BCUT2D eigenvalue weighted by Crippen LogP contribution is -2.42. The van der Waals surface area contributed by atoms with Crippen LogP contribution in [0.25, 0.3) is 0 Å². The zero-order valence-corrected chi connectivity index (χ0v) is 10.7. The van der Waals surface area contributed by atoms with E-state index in [-0.39, 0.29) is 12.3 Å². The molecule has 0 saturated heterocycles. The van der Waals surface area contributed by atoms with Crippen molar-refractivity contribution < 1.29 is 13.5 Å². The van der Waals surface area contributed by atoms with E-state index < -0.39 is 15.6 Å². The summed E-state index contributed by atoms with van der Waals surface area (Å²) in [4.78, 5) is 0. The number of likely N-dealkylation sites (N-methyl/N-ethyl adjacent to an activating group) is 1. The highest BCUT2D eigenvalue weighted by Crippen LogP contribution is 2.30. The average Bonchev–Trinajstić information content (AvgIpc) is 2.62.